The van der Waals surface area contributed by atoms with E-state index in [0.717, 1.165) is 0 Å². The Hall–Kier alpha value is -3.93. The maximum absolute atomic E-state index is 13.1. The molecule has 1 atom stereocenters. The van der Waals surface area contributed by atoms with Crippen LogP contribution in [0, 0.1) is 0 Å². The minimum atomic E-state index is -3.87. The molecule has 3 aromatic carbocycles. The molecule has 2 N–H and O–H groups in total. The lowest BCUT2D eigenvalue weighted by atomic mass is 10.2. The van der Waals surface area contributed by atoms with Crippen molar-refractivity contribution in [2.75, 3.05) is 25.1 Å². The van der Waals surface area contributed by atoms with Crippen LogP contribution in [0.5, 0.6) is 11.5 Å². The molecule has 0 spiro atoms. The summed E-state index contributed by atoms with van der Waals surface area (Å²) in [5, 5.41) is 7.18. The predicted molar refractivity (Wildman–Crippen MR) is 152 cm³/mol. The summed E-state index contributed by atoms with van der Waals surface area (Å²) in [5.74, 6) is -0.0664. The SMILES string of the molecule is CCOc1cc(/C=N\NC(=O)[C@H]2CCCN2S(=O)(=O)c2ccc(Cl)cc2)ccc1OCC(=O)Nc1ccccc1. The van der Waals surface area contributed by atoms with Crippen molar-refractivity contribution in [3.05, 3.63) is 83.4 Å². The summed E-state index contributed by atoms with van der Waals surface area (Å²) in [6.45, 7) is 2.20. The van der Waals surface area contributed by atoms with Crippen molar-refractivity contribution in [3.63, 3.8) is 0 Å². The van der Waals surface area contributed by atoms with Crippen LogP contribution in [-0.4, -0.2) is 56.6 Å². The molecule has 10 nitrogen and oxygen atoms in total. The number of amides is 2. The Morgan fingerprint density at radius 1 is 1.05 bits per heavy atom. The van der Waals surface area contributed by atoms with Gasteiger partial charge in [0.15, 0.2) is 18.1 Å². The topological polar surface area (TPSA) is 126 Å². The van der Waals surface area contributed by atoms with Gasteiger partial charge in [0.2, 0.25) is 10.0 Å². The van der Waals surface area contributed by atoms with Crippen LogP contribution >= 0.6 is 11.6 Å². The van der Waals surface area contributed by atoms with Crippen molar-refractivity contribution in [1.29, 1.82) is 0 Å². The number of ether oxygens (including phenoxy) is 2. The van der Waals surface area contributed by atoms with E-state index in [1.807, 2.05) is 25.1 Å². The fraction of sp³-hybridized carbons (Fsp3) is 0.250. The molecular formula is C28H29ClN4O6S. The van der Waals surface area contributed by atoms with E-state index < -0.39 is 22.0 Å². The van der Waals surface area contributed by atoms with Crippen molar-refractivity contribution in [3.8, 4) is 11.5 Å². The highest BCUT2D eigenvalue weighted by Crippen LogP contribution is 2.29. The predicted octanol–water partition coefficient (Wildman–Crippen LogP) is 4.06. The highest BCUT2D eigenvalue weighted by Gasteiger charge is 2.39. The summed E-state index contributed by atoms with van der Waals surface area (Å²) < 4.78 is 38.7. The van der Waals surface area contributed by atoms with Crippen LogP contribution in [0.15, 0.2) is 82.8 Å². The number of halogens is 1. The van der Waals surface area contributed by atoms with Gasteiger partial charge in [-0.25, -0.2) is 13.8 Å². The van der Waals surface area contributed by atoms with Crippen LogP contribution in [0.3, 0.4) is 0 Å². The van der Waals surface area contributed by atoms with Crippen LogP contribution in [0.4, 0.5) is 5.69 Å². The molecule has 3 aromatic rings. The van der Waals surface area contributed by atoms with Crippen molar-refractivity contribution in [2.45, 2.75) is 30.7 Å². The van der Waals surface area contributed by atoms with Gasteiger partial charge in [0.1, 0.15) is 6.04 Å². The quantitative estimate of drug-likeness (QED) is 0.258. The standard InChI is InChI=1S/C28H29ClN4O6S/c1-2-38-26-17-20(10-15-25(26)39-19-27(34)31-22-7-4-3-5-8-22)18-30-32-28(35)24-9-6-16-33(24)40(36,37)23-13-11-21(29)12-14-23/h3-5,7-8,10-15,17-18,24H,2,6,9,16,19H2,1H3,(H,31,34)(H,32,35)/b30-18-/t24-/m1/s1. The largest absolute Gasteiger partial charge is 0.490 e. The molecule has 4 rings (SSSR count). The molecule has 1 saturated heterocycles. The van der Waals surface area contributed by atoms with E-state index >= 15 is 0 Å². The molecule has 0 bridgehead atoms. The lowest BCUT2D eigenvalue weighted by molar-refractivity contribution is -0.124. The number of nitrogens with zero attached hydrogens (tertiary/aromatic N) is 2. The van der Waals surface area contributed by atoms with Crippen molar-refractivity contribution in [1.82, 2.24) is 9.73 Å². The van der Waals surface area contributed by atoms with E-state index in [0.29, 0.717) is 47.2 Å². The molecule has 1 heterocycles. The van der Waals surface area contributed by atoms with Gasteiger partial charge in [0, 0.05) is 17.3 Å². The minimum Gasteiger partial charge on any atom is -0.490 e. The number of carbonyl (C=O) groups is 2. The molecule has 0 unspecified atom stereocenters. The number of rotatable bonds is 11. The lowest BCUT2D eigenvalue weighted by Gasteiger charge is -2.22. The Balaban J connectivity index is 1.37. The second kappa shape index (κ2) is 13.4. The van der Waals surface area contributed by atoms with Gasteiger partial charge in [0.05, 0.1) is 17.7 Å². The first-order valence-corrected chi connectivity index (χ1v) is 14.4. The molecular weight excluding hydrogens is 556 g/mol. The molecule has 1 fully saturated rings. The van der Waals surface area contributed by atoms with Gasteiger partial charge in [-0.05, 0) is 79.9 Å². The van der Waals surface area contributed by atoms with Crippen LogP contribution in [0.25, 0.3) is 0 Å². The number of anilines is 1. The van der Waals surface area contributed by atoms with E-state index in [9.17, 15) is 18.0 Å². The zero-order valence-electron chi connectivity index (χ0n) is 21.7. The maximum Gasteiger partial charge on any atom is 0.262 e. The fourth-order valence-corrected chi connectivity index (χ4v) is 5.91. The average molecular weight is 585 g/mol. The van der Waals surface area contributed by atoms with Crippen LogP contribution in [0.1, 0.15) is 25.3 Å². The van der Waals surface area contributed by atoms with Gasteiger partial charge in [0.25, 0.3) is 11.8 Å². The molecule has 2 amide bonds. The number of para-hydroxylation sites is 1. The number of nitrogens with one attached hydrogen (secondary N) is 2. The molecule has 0 aliphatic carbocycles. The van der Waals surface area contributed by atoms with Gasteiger partial charge in [-0.3, -0.25) is 9.59 Å². The van der Waals surface area contributed by atoms with Crippen LogP contribution in [0.2, 0.25) is 5.02 Å². The van der Waals surface area contributed by atoms with Gasteiger partial charge in [-0.15, -0.1) is 0 Å². The molecule has 40 heavy (non-hydrogen) atoms. The first-order valence-electron chi connectivity index (χ1n) is 12.6. The Kier molecular flexibility index (Phi) is 9.75. The second-order valence-corrected chi connectivity index (χ2v) is 11.1. The van der Waals surface area contributed by atoms with Gasteiger partial charge >= 0.3 is 0 Å². The van der Waals surface area contributed by atoms with E-state index in [4.69, 9.17) is 21.1 Å². The molecule has 12 heteroatoms. The number of hydrazone groups is 1. The number of hydrogen-bond donors (Lipinski definition) is 2. The first kappa shape index (κ1) is 29.1. The first-order chi connectivity index (χ1) is 19.3. The van der Waals surface area contributed by atoms with E-state index in [2.05, 4.69) is 15.8 Å². The number of hydrogen-bond acceptors (Lipinski definition) is 7. The normalized spacial score (nSPS) is 15.6. The van der Waals surface area contributed by atoms with Crippen molar-refractivity contribution < 1.29 is 27.5 Å². The summed E-state index contributed by atoms with van der Waals surface area (Å²) >= 11 is 5.88. The van der Waals surface area contributed by atoms with Crippen molar-refractivity contribution in [2.24, 2.45) is 5.10 Å². The van der Waals surface area contributed by atoms with E-state index in [1.165, 1.54) is 34.8 Å². The molecule has 0 saturated carbocycles. The van der Waals surface area contributed by atoms with Gasteiger partial charge in [-0.2, -0.15) is 9.41 Å². The Morgan fingerprint density at radius 3 is 2.52 bits per heavy atom. The highest BCUT2D eigenvalue weighted by molar-refractivity contribution is 7.89. The molecule has 210 valence electrons. The minimum absolute atomic E-state index is 0.0726. The molecule has 1 aliphatic heterocycles. The summed E-state index contributed by atoms with van der Waals surface area (Å²) in [6, 6.07) is 19.0. The van der Waals surface area contributed by atoms with E-state index in [-0.39, 0.29) is 24.0 Å². The maximum atomic E-state index is 13.1. The number of carbonyl (C=O) groups excluding carboxylic acids is 2. The number of benzene rings is 3. The van der Waals surface area contributed by atoms with Gasteiger partial charge in [-0.1, -0.05) is 29.8 Å². The van der Waals surface area contributed by atoms with Crippen molar-refractivity contribution >= 4 is 45.3 Å². The molecule has 0 aromatic heterocycles. The van der Waals surface area contributed by atoms with Crippen LogP contribution in [-0.2, 0) is 19.6 Å². The summed E-state index contributed by atoms with van der Waals surface area (Å²) in [5.41, 5.74) is 3.71. The third-order valence-electron chi connectivity index (χ3n) is 6.00. The summed E-state index contributed by atoms with van der Waals surface area (Å²) in [4.78, 5) is 25.2. The fourth-order valence-electron chi connectivity index (χ4n) is 4.13. The second-order valence-electron chi connectivity index (χ2n) is 8.80. The summed E-state index contributed by atoms with van der Waals surface area (Å²) in [7, 11) is -3.87. The third kappa shape index (κ3) is 7.38. The monoisotopic (exact) mass is 584 g/mol. The molecule has 1 aliphatic rings. The lowest BCUT2D eigenvalue weighted by Crippen LogP contribution is -2.44. The van der Waals surface area contributed by atoms with Crippen LogP contribution < -0.4 is 20.2 Å². The Labute approximate surface area is 238 Å². The average Bonchev–Trinajstić information content (AvgIpc) is 3.45. The Bertz CT molecular complexity index is 1470. The van der Waals surface area contributed by atoms with Gasteiger partial charge < -0.3 is 14.8 Å². The smallest absolute Gasteiger partial charge is 0.262 e. The summed E-state index contributed by atoms with van der Waals surface area (Å²) in [6.07, 6.45) is 2.35. The zero-order valence-corrected chi connectivity index (χ0v) is 23.3. The number of sulfonamides is 1. The highest BCUT2D eigenvalue weighted by atomic mass is 35.5. The van der Waals surface area contributed by atoms with E-state index in [1.54, 1.807) is 30.3 Å². The Morgan fingerprint density at radius 2 is 1.80 bits per heavy atom. The third-order valence-corrected chi connectivity index (χ3v) is 8.17. The zero-order chi connectivity index (χ0) is 28.5. The molecule has 0 radical (unpaired) electrons.